The lowest BCUT2D eigenvalue weighted by molar-refractivity contribution is -0.122. The summed E-state index contributed by atoms with van der Waals surface area (Å²) in [5.41, 5.74) is 2.31. The number of hydrogen-bond acceptors (Lipinski definition) is 4. The van der Waals surface area contributed by atoms with Crippen molar-refractivity contribution in [3.8, 4) is 0 Å². The number of carbonyl (C=O) groups is 2. The lowest BCUT2D eigenvalue weighted by atomic mass is 10.3. The smallest absolute Gasteiger partial charge is 0.263 e. The zero-order chi connectivity index (χ0) is 12.8. The Labute approximate surface area is 105 Å². The number of carbonyl (C=O) groups excluding carboxylic acids is 2. The molecule has 1 heterocycles. The van der Waals surface area contributed by atoms with Crippen LogP contribution in [0.1, 0.15) is 35.6 Å². The van der Waals surface area contributed by atoms with Gasteiger partial charge in [-0.25, -0.2) is 4.98 Å². The van der Waals surface area contributed by atoms with Gasteiger partial charge in [0.2, 0.25) is 5.91 Å². The molecule has 0 aliphatic heterocycles. The van der Waals surface area contributed by atoms with Crippen LogP contribution in [-0.4, -0.2) is 29.4 Å². The maximum Gasteiger partial charge on any atom is 0.263 e. The Balaban J connectivity index is 2.51. The molecule has 0 aliphatic rings. The van der Waals surface area contributed by atoms with E-state index in [4.69, 9.17) is 0 Å². The third-order valence-electron chi connectivity index (χ3n) is 2.24. The van der Waals surface area contributed by atoms with Gasteiger partial charge < -0.3 is 10.6 Å². The first-order valence-electron chi connectivity index (χ1n) is 5.55. The van der Waals surface area contributed by atoms with Crippen LogP contribution < -0.4 is 10.6 Å². The molecule has 94 valence electrons. The highest BCUT2D eigenvalue weighted by molar-refractivity contribution is 7.11. The molecule has 0 fully saturated rings. The van der Waals surface area contributed by atoms with Gasteiger partial charge in [-0.05, 0) is 20.3 Å². The second-order valence-electron chi connectivity index (χ2n) is 3.75. The molecule has 0 radical (unpaired) electrons. The molecule has 17 heavy (non-hydrogen) atoms. The lowest BCUT2D eigenvalue weighted by Crippen LogP contribution is -2.44. The molecule has 1 aromatic heterocycles. The van der Waals surface area contributed by atoms with Gasteiger partial charge in [0, 0.05) is 6.54 Å². The highest BCUT2D eigenvalue weighted by atomic mass is 32.1. The number of nitrogens with one attached hydrogen (secondary N) is 2. The van der Waals surface area contributed by atoms with Crippen LogP contribution in [0, 0.1) is 6.92 Å². The van der Waals surface area contributed by atoms with Crippen LogP contribution in [0.25, 0.3) is 0 Å². The summed E-state index contributed by atoms with van der Waals surface area (Å²) in [5.74, 6) is -0.411. The SMILES string of the molecule is CCCNC(=O)[C@H](C)NC(=O)c1scnc1C. The van der Waals surface area contributed by atoms with Crippen molar-refractivity contribution in [2.45, 2.75) is 33.2 Å². The summed E-state index contributed by atoms with van der Waals surface area (Å²) in [6.07, 6.45) is 0.875. The largest absolute Gasteiger partial charge is 0.354 e. The number of aryl methyl sites for hydroxylation is 1. The molecule has 0 unspecified atom stereocenters. The molecule has 2 N–H and O–H groups in total. The Morgan fingerprint density at radius 3 is 2.76 bits per heavy atom. The molecule has 0 saturated heterocycles. The molecule has 0 aliphatic carbocycles. The fourth-order valence-electron chi connectivity index (χ4n) is 1.25. The van der Waals surface area contributed by atoms with Crippen molar-refractivity contribution in [2.75, 3.05) is 6.54 Å². The summed E-state index contributed by atoms with van der Waals surface area (Å²) in [5, 5.41) is 5.38. The van der Waals surface area contributed by atoms with Crippen molar-refractivity contribution in [2.24, 2.45) is 0 Å². The Morgan fingerprint density at radius 1 is 1.53 bits per heavy atom. The average Bonchev–Trinajstić information content (AvgIpc) is 2.72. The highest BCUT2D eigenvalue weighted by Gasteiger charge is 2.18. The number of amides is 2. The predicted octanol–water partition coefficient (Wildman–Crippen LogP) is 1.10. The van der Waals surface area contributed by atoms with Crippen molar-refractivity contribution in [1.29, 1.82) is 0 Å². The van der Waals surface area contributed by atoms with E-state index < -0.39 is 6.04 Å². The van der Waals surface area contributed by atoms with Crippen molar-refractivity contribution < 1.29 is 9.59 Å². The lowest BCUT2D eigenvalue weighted by Gasteiger charge is -2.13. The summed E-state index contributed by atoms with van der Waals surface area (Å²) in [6, 6.07) is -0.532. The topological polar surface area (TPSA) is 71.1 Å². The number of rotatable bonds is 5. The van der Waals surface area contributed by atoms with Crippen LogP contribution in [0.15, 0.2) is 5.51 Å². The van der Waals surface area contributed by atoms with Gasteiger partial charge in [-0.3, -0.25) is 9.59 Å². The number of nitrogens with zero attached hydrogens (tertiary/aromatic N) is 1. The molecule has 1 rings (SSSR count). The van der Waals surface area contributed by atoms with Crippen LogP contribution in [0.3, 0.4) is 0 Å². The zero-order valence-electron chi connectivity index (χ0n) is 10.2. The molecule has 1 atom stereocenters. The maximum absolute atomic E-state index is 11.8. The van der Waals surface area contributed by atoms with Gasteiger partial charge in [0.05, 0.1) is 11.2 Å². The summed E-state index contributed by atoms with van der Waals surface area (Å²) < 4.78 is 0. The van der Waals surface area contributed by atoms with Crippen LogP contribution in [-0.2, 0) is 4.79 Å². The van der Waals surface area contributed by atoms with E-state index in [1.165, 1.54) is 11.3 Å². The minimum absolute atomic E-state index is 0.164. The summed E-state index contributed by atoms with van der Waals surface area (Å²) in [6.45, 7) is 6.04. The first-order chi connectivity index (χ1) is 8.06. The minimum atomic E-state index is -0.532. The Hall–Kier alpha value is -1.43. The molecule has 6 heteroatoms. The number of aromatic nitrogens is 1. The van der Waals surface area contributed by atoms with Crippen molar-refractivity contribution in [3.63, 3.8) is 0 Å². The molecule has 2 amide bonds. The molecule has 0 bridgehead atoms. The summed E-state index contributed by atoms with van der Waals surface area (Å²) in [4.78, 5) is 27.9. The number of thiazole rings is 1. The maximum atomic E-state index is 11.8. The third-order valence-corrected chi connectivity index (χ3v) is 3.17. The van der Waals surface area contributed by atoms with Crippen molar-refractivity contribution in [1.82, 2.24) is 15.6 Å². The fraction of sp³-hybridized carbons (Fsp3) is 0.545. The van der Waals surface area contributed by atoms with E-state index >= 15 is 0 Å². The second-order valence-corrected chi connectivity index (χ2v) is 4.61. The average molecular weight is 255 g/mol. The predicted molar refractivity (Wildman–Crippen MR) is 67.1 cm³/mol. The molecular weight excluding hydrogens is 238 g/mol. The first kappa shape index (κ1) is 13.6. The standard InChI is InChI=1S/C11H17N3O2S/c1-4-5-12-10(15)8(3)14-11(16)9-7(2)13-6-17-9/h6,8H,4-5H2,1-3H3,(H,12,15)(H,14,16)/t8-/m0/s1. The fourth-order valence-corrected chi connectivity index (χ4v) is 1.95. The monoisotopic (exact) mass is 255 g/mol. The molecule has 1 aromatic rings. The third kappa shape index (κ3) is 3.81. The molecule has 0 aromatic carbocycles. The van der Waals surface area contributed by atoms with Gasteiger partial charge in [0.15, 0.2) is 0 Å². The second kappa shape index (κ2) is 6.34. The summed E-state index contributed by atoms with van der Waals surface area (Å²) in [7, 11) is 0. The molecule has 5 nitrogen and oxygen atoms in total. The summed E-state index contributed by atoms with van der Waals surface area (Å²) >= 11 is 1.27. The van der Waals surface area contributed by atoms with E-state index in [-0.39, 0.29) is 11.8 Å². The quantitative estimate of drug-likeness (QED) is 0.827. The van der Waals surface area contributed by atoms with Gasteiger partial charge >= 0.3 is 0 Å². The van der Waals surface area contributed by atoms with Gasteiger partial charge in [0.25, 0.3) is 5.91 Å². The Morgan fingerprint density at radius 2 is 2.24 bits per heavy atom. The van der Waals surface area contributed by atoms with Gasteiger partial charge in [-0.2, -0.15) is 0 Å². The first-order valence-corrected chi connectivity index (χ1v) is 6.42. The highest BCUT2D eigenvalue weighted by Crippen LogP contribution is 2.11. The van der Waals surface area contributed by atoms with E-state index in [2.05, 4.69) is 15.6 Å². The zero-order valence-corrected chi connectivity index (χ0v) is 11.1. The van der Waals surface area contributed by atoms with E-state index in [0.717, 1.165) is 6.42 Å². The van der Waals surface area contributed by atoms with Gasteiger partial charge in [-0.15, -0.1) is 11.3 Å². The molecule has 0 saturated carbocycles. The normalized spacial score (nSPS) is 11.9. The van der Waals surface area contributed by atoms with Crippen LogP contribution >= 0.6 is 11.3 Å². The van der Waals surface area contributed by atoms with Gasteiger partial charge in [0.1, 0.15) is 10.9 Å². The van der Waals surface area contributed by atoms with E-state index in [9.17, 15) is 9.59 Å². The molecular formula is C11H17N3O2S. The Bertz CT molecular complexity index is 403. The van der Waals surface area contributed by atoms with E-state index in [0.29, 0.717) is 17.1 Å². The van der Waals surface area contributed by atoms with Crippen LogP contribution in [0.2, 0.25) is 0 Å². The van der Waals surface area contributed by atoms with E-state index in [1.54, 1.807) is 19.4 Å². The van der Waals surface area contributed by atoms with E-state index in [1.807, 2.05) is 6.92 Å². The number of hydrogen-bond donors (Lipinski definition) is 2. The van der Waals surface area contributed by atoms with Gasteiger partial charge in [-0.1, -0.05) is 6.92 Å². The van der Waals surface area contributed by atoms with Crippen LogP contribution in [0.4, 0.5) is 0 Å². The van der Waals surface area contributed by atoms with Crippen molar-refractivity contribution >= 4 is 23.2 Å². The van der Waals surface area contributed by atoms with Crippen molar-refractivity contribution in [3.05, 3.63) is 16.1 Å². The molecule has 0 spiro atoms. The minimum Gasteiger partial charge on any atom is -0.354 e. The van der Waals surface area contributed by atoms with Crippen LogP contribution in [0.5, 0.6) is 0 Å². The Kier molecular flexibility index (Phi) is 5.09.